The minimum Gasteiger partial charge on any atom is -0.296 e. The van der Waals surface area contributed by atoms with Crippen LogP contribution in [0.3, 0.4) is 0 Å². The Hall–Kier alpha value is -3.07. The topological polar surface area (TPSA) is 42.9 Å². The van der Waals surface area contributed by atoms with E-state index in [0.717, 1.165) is 22.7 Å². The van der Waals surface area contributed by atoms with Crippen LogP contribution in [-0.4, -0.2) is 16.3 Å². The highest BCUT2D eigenvalue weighted by atomic mass is 16.1. The van der Waals surface area contributed by atoms with Gasteiger partial charge in [-0.3, -0.25) is 9.78 Å². The molecule has 0 aliphatic rings. The third-order valence-electron chi connectivity index (χ3n) is 3.25. The van der Waals surface area contributed by atoms with E-state index in [-0.39, 0.29) is 0 Å². The number of hydrogen-bond acceptors (Lipinski definition) is 3. The van der Waals surface area contributed by atoms with Crippen LogP contribution in [0.4, 0.5) is 0 Å². The predicted octanol–water partition coefficient (Wildman–Crippen LogP) is 4.28. The number of carbonyl (C=O) groups is 1. The van der Waals surface area contributed by atoms with Crippen molar-refractivity contribution in [1.29, 1.82) is 0 Å². The zero-order chi connectivity index (χ0) is 15.2. The first-order valence-corrected chi connectivity index (χ1v) is 6.97. The summed E-state index contributed by atoms with van der Waals surface area (Å²) in [7, 11) is 0. The number of aromatic nitrogens is 2. The van der Waals surface area contributed by atoms with Gasteiger partial charge in [0.15, 0.2) is 6.29 Å². The highest BCUT2D eigenvalue weighted by Crippen LogP contribution is 2.10. The van der Waals surface area contributed by atoms with Crippen LogP contribution in [0.2, 0.25) is 0 Å². The SMILES string of the molecule is O=Cc1ccc2ccccc2n1.c1ccc2ncccc2c1. The third kappa shape index (κ3) is 3.15. The maximum absolute atomic E-state index is 10.4. The summed E-state index contributed by atoms with van der Waals surface area (Å²) in [5.41, 5.74) is 2.40. The number of carbonyl (C=O) groups excluding carboxylic acids is 1. The monoisotopic (exact) mass is 286 g/mol. The molecule has 2 aromatic carbocycles. The van der Waals surface area contributed by atoms with E-state index < -0.39 is 0 Å². The zero-order valence-electron chi connectivity index (χ0n) is 11.9. The molecule has 2 aromatic heterocycles. The maximum Gasteiger partial charge on any atom is 0.168 e. The van der Waals surface area contributed by atoms with E-state index in [0.29, 0.717) is 5.69 Å². The maximum atomic E-state index is 10.4. The van der Waals surface area contributed by atoms with E-state index in [1.807, 2.05) is 60.8 Å². The minimum atomic E-state index is 0.480. The van der Waals surface area contributed by atoms with Crippen molar-refractivity contribution in [2.24, 2.45) is 0 Å². The molecule has 106 valence electrons. The quantitative estimate of drug-likeness (QED) is 0.490. The number of pyridine rings is 2. The lowest BCUT2D eigenvalue weighted by atomic mass is 10.2. The van der Waals surface area contributed by atoms with Crippen LogP contribution in [-0.2, 0) is 0 Å². The second-order valence-electron chi connectivity index (χ2n) is 4.74. The van der Waals surface area contributed by atoms with Gasteiger partial charge in [0.05, 0.1) is 11.0 Å². The third-order valence-corrected chi connectivity index (χ3v) is 3.25. The molecule has 0 saturated heterocycles. The molecule has 0 aliphatic carbocycles. The van der Waals surface area contributed by atoms with Gasteiger partial charge in [0, 0.05) is 17.0 Å². The largest absolute Gasteiger partial charge is 0.296 e. The molecule has 0 aliphatic heterocycles. The molecule has 3 heteroatoms. The summed E-state index contributed by atoms with van der Waals surface area (Å²) in [5, 5.41) is 2.26. The number of benzene rings is 2. The number of rotatable bonds is 1. The van der Waals surface area contributed by atoms with Gasteiger partial charge in [-0.2, -0.15) is 0 Å². The van der Waals surface area contributed by atoms with Crippen LogP contribution < -0.4 is 0 Å². The normalized spacial score (nSPS) is 10.0. The number of para-hydroxylation sites is 2. The summed E-state index contributed by atoms with van der Waals surface area (Å²) in [6.07, 6.45) is 2.56. The highest BCUT2D eigenvalue weighted by molar-refractivity contribution is 5.83. The Balaban J connectivity index is 0.000000133. The number of fused-ring (bicyclic) bond motifs is 2. The first-order valence-electron chi connectivity index (χ1n) is 6.97. The summed E-state index contributed by atoms with van der Waals surface area (Å²) in [5.74, 6) is 0. The van der Waals surface area contributed by atoms with Crippen LogP contribution in [0.5, 0.6) is 0 Å². The number of nitrogens with zero attached hydrogens (tertiary/aromatic N) is 2. The van der Waals surface area contributed by atoms with Crippen LogP contribution in [0.1, 0.15) is 10.5 Å². The Morgan fingerprint density at radius 2 is 1.32 bits per heavy atom. The molecule has 0 unspecified atom stereocenters. The molecule has 0 radical (unpaired) electrons. The average molecular weight is 286 g/mol. The molecule has 0 bridgehead atoms. The van der Waals surface area contributed by atoms with Crippen LogP contribution in [0, 0.1) is 0 Å². The Labute approximate surface area is 128 Å². The standard InChI is InChI=1S/C10H7NO.C9H7N/c12-7-9-6-5-8-3-1-2-4-10(8)11-9;1-2-6-9-8(4-1)5-3-7-10-9/h1-7H;1-7H. The molecule has 0 atom stereocenters. The van der Waals surface area contributed by atoms with Crippen molar-refractivity contribution < 1.29 is 4.79 Å². The van der Waals surface area contributed by atoms with Crippen LogP contribution in [0.25, 0.3) is 21.8 Å². The molecule has 0 fully saturated rings. The van der Waals surface area contributed by atoms with Crippen LogP contribution >= 0.6 is 0 Å². The number of hydrogen-bond donors (Lipinski definition) is 0. The molecule has 2 heterocycles. The van der Waals surface area contributed by atoms with Crippen molar-refractivity contribution in [2.45, 2.75) is 0 Å². The van der Waals surface area contributed by atoms with E-state index >= 15 is 0 Å². The van der Waals surface area contributed by atoms with Crippen LogP contribution in [0.15, 0.2) is 79.0 Å². The van der Waals surface area contributed by atoms with E-state index in [9.17, 15) is 4.79 Å². The summed E-state index contributed by atoms with van der Waals surface area (Å²) in [4.78, 5) is 18.7. The first-order chi connectivity index (χ1) is 10.9. The van der Waals surface area contributed by atoms with Crippen molar-refractivity contribution in [3.63, 3.8) is 0 Å². The molecule has 22 heavy (non-hydrogen) atoms. The smallest absolute Gasteiger partial charge is 0.168 e. The van der Waals surface area contributed by atoms with E-state index in [4.69, 9.17) is 0 Å². The lowest BCUT2D eigenvalue weighted by molar-refractivity contribution is 0.111. The summed E-state index contributed by atoms with van der Waals surface area (Å²) < 4.78 is 0. The van der Waals surface area contributed by atoms with Gasteiger partial charge in [0.2, 0.25) is 0 Å². The second kappa shape index (κ2) is 6.59. The van der Waals surface area contributed by atoms with E-state index in [1.165, 1.54) is 5.39 Å². The molecular weight excluding hydrogens is 272 g/mol. The molecule has 0 saturated carbocycles. The first kappa shape index (κ1) is 13.9. The summed E-state index contributed by atoms with van der Waals surface area (Å²) >= 11 is 0. The van der Waals surface area contributed by atoms with Gasteiger partial charge < -0.3 is 0 Å². The van der Waals surface area contributed by atoms with Crippen molar-refractivity contribution in [3.05, 3.63) is 84.7 Å². The predicted molar refractivity (Wildman–Crippen MR) is 88.9 cm³/mol. The van der Waals surface area contributed by atoms with Crippen molar-refractivity contribution >= 4 is 28.1 Å². The van der Waals surface area contributed by atoms with Gasteiger partial charge in [0.1, 0.15) is 5.69 Å². The highest BCUT2D eigenvalue weighted by Gasteiger charge is 1.94. The second-order valence-corrected chi connectivity index (χ2v) is 4.74. The van der Waals surface area contributed by atoms with Crippen molar-refractivity contribution in [3.8, 4) is 0 Å². The van der Waals surface area contributed by atoms with Gasteiger partial charge in [-0.15, -0.1) is 0 Å². The van der Waals surface area contributed by atoms with Gasteiger partial charge >= 0.3 is 0 Å². The van der Waals surface area contributed by atoms with E-state index in [1.54, 1.807) is 6.07 Å². The molecular formula is C19H14N2O. The van der Waals surface area contributed by atoms with Crippen molar-refractivity contribution in [1.82, 2.24) is 9.97 Å². The summed E-state index contributed by atoms with van der Waals surface area (Å²) in [6.45, 7) is 0. The fourth-order valence-electron chi connectivity index (χ4n) is 2.16. The van der Waals surface area contributed by atoms with Gasteiger partial charge in [0.25, 0.3) is 0 Å². The number of aldehydes is 1. The van der Waals surface area contributed by atoms with E-state index in [2.05, 4.69) is 22.1 Å². The molecule has 0 amide bonds. The Morgan fingerprint density at radius 1 is 0.682 bits per heavy atom. The Morgan fingerprint density at radius 3 is 2.05 bits per heavy atom. The fourth-order valence-corrected chi connectivity index (χ4v) is 2.16. The van der Waals surface area contributed by atoms with Gasteiger partial charge in [-0.1, -0.05) is 48.5 Å². The Bertz CT molecular complexity index is 853. The lowest BCUT2D eigenvalue weighted by Crippen LogP contribution is -1.85. The average Bonchev–Trinajstić information content (AvgIpc) is 2.62. The van der Waals surface area contributed by atoms with Gasteiger partial charge in [-0.25, -0.2) is 4.98 Å². The van der Waals surface area contributed by atoms with Gasteiger partial charge in [-0.05, 0) is 24.3 Å². The summed E-state index contributed by atoms with van der Waals surface area (Å²) in [6, 6.07) is 23.4. The molecule has 0 spiro atoms. The Kier molecular flexibility index (Phi) is 4.16. The zero-order valence-corrected chi connectivity index (χ0v) is 11.9. The van der Waals surface area contributed by atoms with Crippen molar-refractivity contribution in [2.75, 3.05) is 0 Å². The molecule has 0 N–H and O–H groups in total. The molecule has 3 nitrogen and oxygen atoms in total. The fraction of sp³-hybridized carbons (Fsp3) is 0. The molecule has 4 rings (SSSR count). The minimum absolute atomic E-state index is 0.480. The lowest BCUT2D eigenvalue weighted by Gasteiger charge is -1.95. The molecule has 4 aromatic rings.